The van der Waals surface area contributed by atoms with Gasteiger partial charge >= 0.3 is 11.9 Å². The van der Waals surface area contributed by atoms with Crippen LogP contribution in [0.25, 0.3) is 0 Å². The van der Waals surface area contributed by atoms with Crippen molar-refractivity contribution in [2.24, 2.45) is 35.0 Å². The SMILES string of the molecule is CO[C@@]12O[C@@]3(CC[C@]4(C)[C@H]([C@H](C)/C=C5/C=C(C)C(=O)O5)[C@H]14)C[C@]14OC(=O)C[C@H]1O[C@@](C)(CO)[C@@H]4C[C@H](O)[C@H]3C2=O. The predicted octanol–water partition coefficient (Wildman–Crippen LogP) is 1.96. The molecule has 6 fully saturated rings. The summed E-state index contributed by atoms with van der Waals surface area (Å²) < 4.78 is 30.7. The Morgan fingerprint density at radius 1 is 1.23 bits per heavy atom. The second-order valence-electron chi connectivity index (χ2n) is 13.8. The Bertz CT molecular complexity index is 1270. The fourth-order valence-corrected chi connectivity index (χ4v) is 9.96. The molecule has 12 atom stereocenters. The van der Waals surface area contributed by atoms with Crippen molar-refractivity contribution in [1.82, 2.24) is 0 Å². The molecule has 40 heavy (non-hydrogen) atoms. The lowest BCUT2D eigenvalue weighted by molar-refractivity contribution is -0.255. The van der Waals surface area contributed by atoms with Crippen LogP contribution in [0, 0.1) is 35.0 Å². The number of carbonyl (C=O) groups excluding carboxylic acids is 3. The van der Waals surface area contributed by atoms with Crippen molar-refractivity contribution < 1.29 is 48.3 Å². The third-order valence-electron chi connectivity index (χ3n) is 11.6. The third kappa shape index (κ3) is 3.09. The number of hydrogen-bond acceptors (Lipinski definition) is 10. The number of ether oxygens (including phenoxy) is 5. The van der Waals surface area contributed by atoms with Gasteiger partial charge in [0.1, 0.15) is 17.5 Å². The molecule has 218 valence electrons. The fourth-order valence-electron chi connectivity index (χ4n) is 9.96. The van der Waals surface area contributed by atoms with Gasteiger partial charge in [-0.3, -0.25) is 9.59 Å². The molecule has 0 radical (unpaired) electrons. The molecule has 0 amide bonds. The first-order valence-electron chi connectivity index (χ1n) is 14.4. The number of hydrogen-bond donors (Lipinski definition) is 2. The molecule has 7 rings (SSSR count). The van der Waals surface area contributed by atoms with Crippen molar-refractivity contribution in [2.75, 3.05) is 13.7 Å². The van der Waals surface area contributed by atoms with E-state index in [-0.39, 0.29) is 66.8 Å². The summed E-state index contributed by atoms with van der Waals surface area (Å²) in [5.74, 6) is -3.72. The number of methoxy groups -OCH3 is 1. The van der Waals surface area contributed by atoms with E-state index in [1.165, 1.54) is 7.11 Å². The summed E-state index contributed by atoms with van der Waals surface area (Å²) in [6.45, 7) is 7.40. The van der Waals surface area contributed by atoms with Crippen LogP contribution in [0.5, 0.6) is 0 Å². The lowest BCUT2D eigenvalue weighted by Crippen LogP contribution is -2.52. The van der Waals surface area contributed by atoms with Crippen molar-refractivity contribution >= 4 is 17.7 Å². The Labute approximate surface area is 233 Å². The summed E-state index contributed by atoms with van der Waals surface area (Å²) in [6.07, 6.45) is 3.54. The van der Waals surface area contributed by atoms with E-state index in [4.69, 9.17) is 23.7 Å². The van der Waals surface area contributed by atoms with Crippen LogP contribution in [-0.4, -0.2) is 76.4 Å². The summed E-state index contributed by atoms with van der Waals surface area (Å²) in [6, 6.07) is 0. The lowest BCUT2D eigenvalue weighted by atomic mass is 9.69. The van der Waals surface area contributed by atoms with Crippen LogP contribution < -0.4 is 0 Å². The first-order valence-corrected chi connectivity index (χ1v) is 14.4. The standard InChI is InChI=1S/C30H38O10/c1-14(8-16-9-15(2)25(35)37-16)21-23-26(21,3)6-7-28-12-29-18(27(4,13-31)38-19(29)11-20(33)39-29)10-17(32)22(28)24(34)30(23,36-5)40-28/h8-9,14,17-19,21-23,31-32H,6-7,10-13H2,1-5H3/b16-8-/t14-,17+,18+,19-,21-,22+,23+,26-,27+,28+,29-,30-/m1/s1. The average molecular weight is 559 g/mol. The first kappa shape index (κ1) is 26.8. The van der Waals surface area contributed by atoms with Gasteiger partial charge < -0.3 is 33.9 Å². The summed E-state index contributed by atoms with van der Waals surface area (Å²) >= 11 is 0. The Kier molecular flexibility index (Phi) is 5.38. The number of allylic oxidation sites excluding steroid dienone is 2. The molecule has 0 aromatic carbocycles. The third-order valence-corrected chi connectivity index (χ3v) is 11.6. The van der Waals surface area contributed by atoms with Crippen LogP contribution >= 0.6 is 0 Å². The second kappa shape index (κ2) is 8.04. The number of Topliss-reactive ketones (excluding diaryl/α,β-unsaturated/α-hetero) is 1. The van der Waals surface area contributed by atoms with Gasteiger partial charge in [0.2, 0.25) is 11.6 Å². The van der Waals surface area contributed by atoms with Crippen LogP contribution in [0.15, 0.2) is 23.5 Å². The number of rotatable bonds is 4. The van der Waals surface area contributed by atoms with E-state index in [1.807, 2.05) is 6.08 Å². The average Bonchev–Trinajstić information content (AvgIpc) is 3.00. The Morgan fingerprint density at radius 3 is 2.62 bits per heavy atom. The molecule has 7 aliphatic rings. The summed E-state index contributed by atoms with van der Waals surface area (Å²) in [5.41, 5.74) is -3.00. The summed E-state index contributed by atoms with van der Waals surface area (Å²) in [7, 11) is 1.49. The number of ketones is 1. The summed E-state index contributed by atoms with van der Waals surface area (Å²) in [4.78, 5) is 39.0. The lowest BCUT2D eigenvalue weighted by Gasteiger charge is -2.41. The smallest absolute Gasteiger partial charge is 0.339 e. The zero-order valence-corrected chi connectivity index (χ0v) is 23.6. The quantitative estimate of drug-likeness (QED) is 0.493. The molecule has 4 saturated heterocycles. The number of cyclic esters (lactones) is 1. The highest BCUT2D eigenvalue weighted by molar-refractivity contribution is 5.93. The minimum atomic E-state index is -1.56. The van der Waals surface area contributed by atoms with Crippen LogP contribution in [0.3, 0.4) is 0 Å². The molecule has 2 bridgehead atoms. The molecule has 10 nitrogen and oxygen atoms in total. The Morgan fingerprint density at radius 2 is 1.98 bits per heavy atom. The van der Waals surface area contributed by atoms with Gasteiger partial charge in [0, 0.05) is 30.9 Å². The van der Waals surface area contributed by atoms with Crippen LogP contribution in [0.4, 0.5) is 0 Å². The van der Waals surface area contributed by atoms with Gasteiger partial charge in [-0.25, -0.2) is 4.79 Å². The monoisotopic (exact) mass is 558 g/mol. The van der Waals surface area contributed by atoms with Crippen LogP contribution in [-0.2, 0) is 38.1 Å². The Hall–Kier alpha value is -2.11. The number of aliphatic hydroxyl groups is 2. The molecule has 2 aliphatic carbocycles. The van der Waals surface area contributed by atoms with Gasteiger partial charge in [-0.2, -0.15) is 0 Å². The molecular formula is C30H38O10. The van der Waals surface area contributed by atoms with Crippen LogP contribution in [0.1, 0.15) is 59.8 Å². The van der Waals surface area contributed by atoms with Gasteiger partial charge in [-0.15, -0.1) is 0 Å². The molecule has 2 saturated carbocycles. The zero-order valence-electron chi connectivity index (χ0n) is 23.6. The topological polar surface area (TPSA) is 138 Å². The van der Waals surface area contributed by atoms with Crippen molar-refractivity contribution in [3.05, 3.63) is 23.5 Å². The van der Waals surface area contributed by atoms with Gasteiger partial charge in [0.05, 0.1) is 36.3 Å². The summed E-state index contributed by atoms with van der Waals surface area (Å²) in [5, 5.41) is 22.0. The highest BCUT2D eigenvalue weighted by atomic mass is 16.7. The Balaban J connectivity index is 1.28. The second-order valence-corrected chi connectivity index (χ2v) is 13.8. The first-order chi connectivity index (χ1) is 18.8. The highest BCUT2D eigenvalue weighted by Crippen LogP contribution is 2.76. The van der Waals surface area contributed by atoms with Crippen molar-refractivity contribution in [2.45, 2.75) is 94.6 Å². The minimum Gasteiger partial charge on any atom is -0.456 e. The predicted molar refractivity (Wildman–Crippen MR) is 136 cm³/mol. The van der Waals surface area contributed by atoms with E-state index >= 15 is 0 Å². The minimum absolute atomic E-state index is 0.0178. The zero-order chi connectivity index (χ0) is 28.6. The number of aliphatic hydroxyl groups excluding tert-OH is 2. The van der Waals surface area contributed by atoms with E-state index in [1.54, 1.807) is 19.9 Å². The largest absolute Gasteiger partial charge is 0.456 e. The van der Waals surface area contributed by atoms with Gasteiger partial charge in [-0.1, -0.05) is 13.8 Å². The number of esters is 2. The van der Waals surface area contributed by atoms with Crippen molar-refractivity contribution in [1.29, 1.82) is 0 Å². The maximum Gasteiger partial charge on any atom is 0.339 e. The van der Waals surface area contributed by atoms with E-state index < -0.39 is 46.6 Å². The van der Waals surface area contributed by atoms with Crippen LogP contribution in [0.2, 0.25) is 0 Å². The molecule has 2 N–H and O–H groups in total. The van der Waals surface area contributed by atoms with E-state index in [9.17, 15) is 24.6 Å². The highest BCUT2D eigenvalue weighted by Gasteiger charge is 2.84. The maximum atomic E-state index is 14.5. The fraction of sp³-hybridized carbons (Fsp3) is 0.767. The molecule has 5 heterocycles. The van der Waals surface area contributed by atoms with E-state index in [2.05, 4.69) is 13.8 Å². The van der Waals surface area contributed by atoms with Gasteiger partial charge in [-0.05, 0) is 62.5 Å². The molecule has 0 unspecified atom stereocenters. The number of carbonyl (C=O) groups is 3. The molecule has 0 aromatic heterocycles. The molecular weight excluding hydrogens is 520 g/mol. The van der Waals surface area contributed by atoms with Gasteiger partial charge in [0.25, 0.3) is 0 Å². The van der Waals surface area contributed by atoms with E-state index in [0.29, 0.717) is 24.2 Å². The van der Waals surface area contributed by atoms with Crippen molar-refractivity contribution in [3.63, 3.8) is 0 Å². The van der Waals surface area contributed by atoms with E-state index in [0.717, 1.165) is 0 Å². The number of fused-ring (bicyclic) bond motifs is 3. The molecule has 2 spiro atoms. The maximum absolute atomic E-state index is 14.5. The normalized spacial score (nSPS) is 54.0. The molecule has 10 heteroatoms. The molecule has 5 aliphatic heterocycles. The van der Waals surface area contributed by atoms with Gasteiger partial charge in [0.15, 0.2) is 0 Å². The van der Waals surface area contributed by atoms with Crippen molar-refractivity contribution in [3.8, 4) is 0 Å². The molecule has 0 aromatic rings.